The Kier molecular flexibility index (Phi) is 37.2. The van der Waals surface area contributed by atoms with Gasteiger partial charge in [-0.25, -0.2) is 4.79 Å². The number of amides is 6. The average Bonchev–Trinajstić information content (AvgIpc) is 3.62. The van der Waals surface area contributed by atoms with Crippen LogP contribution in [-0.4, -0.2) is 191 Å². The van der Waals surface area contributed by atoms with Gasteiger partial charge in [-0.1, -0.05) is 6.92 Å². The summed E-state index contributed by atoms with van der Waals surface area (Å²) in [6.45, 7) is 12.2. The Morgan fingerprint density at radius 3 is 1.34 bits per heavy atom. The van der Waals surface area contributed by atoms with Gasteiger partial charge >= 0.3 is 326 Å². The molecule has 1 unspecified atom stereocenters. The van der Waals surface area contributed by atoms with E-state index in [0.29, 0.717) is 134 Å². The second-order valence-corrected chi connectivity index (χ2v) is 28.6. The zero-order valence-corrected chi connectivity index (χ0v) is 45.2. The number of nitrogens with one attached hydrogen (secondary N) is 4. The molecule has 0 radical (unpaired) electrons. The van der Waals surface area contributed by atoms with Crippen LogP contribution in [0.1, 0.15) is 98.8 Å². The number of oxime groups is 3. The van der Waals surface area contributed by atoms with Gasteiger partial charge in [0.2, 0.25) is 0 Å². The maximum atomic E-state index is 12.2. The number of imide groups is 1. The monoisotopic (exact) mass is 1190 g/mol. The number of carbonyl (C=O) groups excluding carboxylic acids is 7. The predicted molar refractivity (Wildman–Crippen MR) is 250 cm³/mol. The molecule has 6 amide bonds. The Morgan fingerprint density at radius 2 is 1.00 bits per heavy atom. The van der Waals surface area contributed by atoms with E-state index >= 15 is 0 Å². The van der Waals surface area contributed by atoms with E-state index in [2.05, 4.69) is 51.6 Å². The van der Waals surface area contributed by atoms with Crippen molar-refractivity contribution in [2.24, 2.45) is 25.5 Å². The zero-order chi connectivity index (χ0) is 48.8. The van der Waals surface area contributed by atoms with Crippen molar-refractivity contribution in [1.29, 1.82) is 0 Å². The summed E-state index contributed by atoms with van der Waals surface area (Å²) in [6, 6.07) is 0. The molecule has 0 aliphatic carbocycles. The SMILES string of the molecule is CC/C(=N\O)C(=O)NCC[Se][Se]CCNC(=O)/C(CC)=N/O.CCC(=NC)C(=O)NCC[Se][Se]CCNC(=O)/C(CC)=N/OC1CCCCO1.CCC(=NC)C(=O)ON1C(=O)CCC1=O. The number of carbonyl (C=O) groups is 7. The van der Waals surface area contributed by atoms with Crippen LogP contribution < -0.4 is 21.3 Å². The smallest absolute Gasteiger partial charge is 0.324 e. The van der Waals surface area contributed by atoms with E-state index in [-0.39, 0.29) is 59.9 Å². The number of rotatable bonds is 27. The quantitative estimate of drug-likeness (QED) is 0.0168. The summed E-state index contributed by atoms with van der Waals surface area (Å²) in [5.41, 5.74) is 1.46. The van der Waals surface area contributed by atoms with Crippen LogP contribution in [0.2, 0.25) is 21.3 Å². The van der Waals surface area contributed by atoms with Gasteiger partial charge in [-0.15, -0.1) is 5.06 Å². The van der Waals surface area contributed by atoms with E-state index in [4.69, 9.17) is 20.0 Å². The molecule has 0 aromatic heterocycles. The fourth-order valence-electron chi connectivity index (χ4n) is 4.81. The summed E-state index contributed by atoms with van der Waals surface area (Å²) in [5.74, 6) is -2.59. The molecule has 0 saturated carbocycles. The van der Waals surface area contributed by atoms with Gasteiger partial charge in [0.25, 0.3) is 11.8 Å². The number of hydrogen-bond acceptors (Lipinski definition) is 17. The van der Waals surface area contributed by atoms with Crippen LogP contribution in [0.4, 0.5) is 0 Å². The van der Waals surface area contributed by atoms with E-state index in [1.165, 1.54) is 7.05 Å². The fraction of sp³-hybridized carbons (Fsp3) is 0.692. The van der Waals surface area contributed by atoms with Gasteiger partial charge < -0.3 is 4.84 Å². The Labute approximate surface area is 403 Å². The van der Waals surface area contributed by atoms with Crippen LogP contribution in [0, 0.1) is 0 Å². The first-order valence-electron chi connectivity index (χ1n) is 21.2. The molecule has 368 valence electrons. The Hall–Kier alpha value is -3.72. The van der Waals surface area contributed by atoms with Gasteiger partial charge in [-0.2, -0.15) is 0 Å². The molecule has 65 heavy (non-hydrogen) atoms. The van der Waals surface area contributed by atoms with Crippen LogP contribution in [0.25, 0.3) is 0 Å². The number of nitrogens with zero attached hydrogens (tertiary/aromatic N) is 6. The van der Waals surface area contributed by atoms with Crippen LogP contribution in [0.15, 0.2) is 25.5 Å². The first-order chi connectivity index (χ1) is 31.3. The third-order valence-electron chi connectivity index (χ3n) is 8.39. The van der Waals surface area contributed by atoms with Crippen LogP contribution >= 0.6 is 0 Å². The minimum Gasteiger partial charge on any atom is -0.324 e. The average molecular weight is 1180 g/mol. The Bertz CT molecular complexity index is 1610. The van der Waals surface area contributed by atoms with E-state index in [1.807, 2.05) is 13.8 Å². The Morgan fingerprint density at radius 1 is 0.615 bits per heavy atom. The fourth-order valence-corrected chi connectivity index (χ4v) is 16.1. The first kappa shape index (κ1) is 61.3. The second kappa shape index (κ2) is 39.4. The molecule has 2 heterocycles. The van der Waals surface area contributed by atoms with E-state index in [0.717, 1.165) is 40.5 Å². The molecular formula is C39H66N10O12Se4. The van der Waals surface area contributed by atoms with E-state index in [1.54, 1.807) is 27.8 Å². The predicted octanol–water partition coefficient (Wildman–Crippen LogP) is 1.10. The van der Waals surface area contributed by atoms with Crippen molar-refractivity contribution in [2.45, 2.75) is 126 Å². The standard InChI is InChI=1S/C18H32N4O4Se2.C12H22N4O4Se2.C9H12N2O4/c1-4-14(19-3)17(23)20-9-12-27-28-13-10-21-18(24)15(5-2)22-26-16-8-6-7-11-25-16;1-3-9(15-19)11(17)13-5-7-21-22-8-6-14-12(18)10(4-2)16-20;1-3-6(10-2)9(14)15-11-7(12)4-5-8(11)13/h16H,4-13H2,1-3H3,(H,20,23)(H,21,24);19-20H,3-8H2,1-2H3,(H,13,17)(H,14,18);3-5H2,1-2H3/b19-14?,22-15+;15-9+,16-10+;. The second-order valence-electron chi connectivity index (χ2n) is 12.9. The summed E-state index contributed by atoms with van der Waals surface area (Å²) in [4.78, 5) is 98.1. The molecule has 2 saturated heterocycles. The maximum Gasteiger partial charge on any atom is 0.377 e. The molecule has 2 fully saturated rings. The van der Waals surface area contributed by atoms with Gasteiger partial charge in [0.15, 0.2) is 0 Å². The third kappa shape index (κ3) is 27.5. The summed E-state index contributed by atoms with van der Waals surface area (Å²) < 4.78 is 5.45. The zero-order valence-electron chi connectivity index (χ0n) is 38.3. The first-order valence-corrected chi connectivity index (χ1v) is 34.7. The van der Waals surface area contributed by atoms with Crippen molar-refractivity contribution in [3.05, 3.63) is 0 Å². The maximum absolute atomic E-state index is 12.2. The molecule has 2 aliphatic heterocycles. The van der Waals surface area contributed by atoms with E-state index < -0.39 is 17.8 Å². The number of hydrogen-bond donors (Lipinski definition) is 6. The summed E-state index contributed by atoms with van der Waals surface area (Å²) in [5, 5.41) is 42.6. The van der Waals surface area contributed by atoms with Crippen molar-refractivity contribution < 1.29 is 58.4 Å². The van der Waals surface area contributed by atoms with Crippen LogP contribution in [0.3, 0.4) is 0 Å². The number of ether oxygens (including phenoxy) is 1. The molecule has 1 atom stereocenters. The molecule has 2 rings (SSSR count). The molecule has 2 aliphatic rings. The van der Waals surface area contributed by atoms with Gasteiger partial charge in [0.1, 0.15) is 5.71 Å². The van der Waals surface area contributed by atoms with Crippen LogP contribution in [-0.2, 0) is 48.0 Å². The minimum absolute atomic E-state index is 0.0622. The Balaban J connectivity index is 0.000000989. The normalized spacial score (nSPS) is 15.8. The van der Waals surface area contributed by atoms with Crippen molar-refractivity contribution in [1.82, 2.24) is 26.3 Å². The molecule has 6 N–H and O–H groups in total. The third-order valence-corrected chi connectivity index (χ3v) is 23.1. The molecule has 22 nitrogen and oxygen atoms in total. The summed E-state index contributed by atoms with van der Waals surface area (Å²) >= 11 is 1.87. The van der Waals surface area contributed by atoms with Crippen molar-refractivity contribution in [2.75, 3.05) is 46.9 Å². The molecule has 0 bridgehead atoms. The topological polar surface area (TPSA) is 301 Å². The van der Waals surface area contributed by atoms with Gasteiger partial charge in [0.05, 0.1) is 0 Å². The van der Waals surface area contributed by atoms with Crippen molar-refractivity contribution >= 4 is 122 Å². The van der Waals surface area contributed by atoms with Gasteiger partial charge in [-0.05, 0) is 6.42 Å². The van der Waals surface area contributed by atoms with Crippen LogP contribution in [0.5, 0.6) is 0 Å². The van der Waals surface area contributed by atoms with E-state index in [9.17, 15) is 33.6 Å². The molecule has 26 heteroatoms. The summed E-state index contributed by atoms with van der Waals surface area (Å²) in [7, 11) is 3.10. The van der Waals surface area contributed by atoms with Gasteiger partial charge in [-0.3, -0.25) is 14.6 Å². The molecule has 0 aromatic carbocycles. The largest absolute Gasteiger partial charge is 0.377 e. The van der Waals surface area contributed by atoms with Crippen molar-refractivity contribution in [3.63, 3.8) is 0 Å². The molecule has 0 spiro atoms. The minimum atomic E-state index is -0.747. The van der Waals surface area contributed by atoms with Gasteiger partial charge in [0, 0.05) is 19.9 Å². The number of aliphatic imine (C=N–C) groups is 2. The summed E-state index contributed by atoms with van der Waals surface area (Å²) in [6.07, 6.45) is 5.15. The molecular weight excluding hydrogens is 1120 g/mol. The van der Waals surface area contributed by atoms with Crippen molar-refractivity contribution in [3.8, 4) is 0 Å². The molecule has 0 aromatic rings. The number of hydroxylamine groups is 2.